The van der Waals surface area contributed by atoms with E-state index in [2.05, 4.69) is 16.2 Å². The normalized spacial score (nSPS) is 16.5. The zero-order chi connectivity index (χ0) is 14.3. The Kier molecular flexibility index (Phi) is 3.57. The van der Waals surface area contributed by atoms with E-state index in [-0.39, 0.29) is 0 Å². The Labute approximate surface area is 127 Å². The molecule has 0 N–H and O–H groups in total. The summed E-state index contributed by atoms with van der Waals surface area (Å²) in [4.78, 5) is 4.36. The third-order valence-electron chi connectivity index (χ3n) is 4.00. The van der Waals surface area contributed by atoms with E-state index in [0.29, 0.717) is 33.1 Å². The predicted octanol–water partition coefficient (Wildman–Crippen LogP) is 4.26. The van der Waals surface area contributed by atoms with E-state index < -0.39 is 0 Å². The molecule has 0 aliphatic heterocycles. The van der Waals surface area contributed by atoms with Gasteiger partial charge in [-0.3, -0.25) is 0 Å². The van der Waals surface area contributed by atoms with Gasteiger partial charge in [-0.05, 0) is 25.7 Å². The minimum absolute atomic E-state index is 0.343. The Morgan fingerprint density at radius 3 is 2.60 bits per heavy atom. The van der Waals surface area contributed by atoms with Crippen LogP contribution in [0.25, 0.3) is 5.65 Å². The van der Waals surface area contributed by atoms with Gasteiger partial charge in [0.2, 0.25) is 0 Å². The molecule has 2 aromatic rings. The zero-order valence-electron chi connectivity index (χ0n) is 11.2. The molecule has 20 heavy (non-hydrogen) atoms. The van der Waals surface area contributed by atoms with Crippen molar-refractivity contribution in [3.05, 3.63) is 27.1 Å². The number of rotatable bonds is 1. The minimum atomic E-state index is 0.343. The molecule has 0 unspecified atom stereocenters. The molecule has 0 atom stereocenters. The SMILES string of the molecule is Cc1nn2c(Cl)c(C3CCCCC3)c(Cl)nc2c1C#N. The summed E-state index contributed by atoms with van der Waals surface area (Å²) in [5, 5.41) is 14.4. The van der Waals surface area contributed by atoms with Crippen molar-refractivity contribution in [2.45, 2.75) is 44.9 Å². The number of halogens is 2. The van der Waals surface area contributed by atoms with Crippen LogP contribution >= 0.6 is 23.2 Å². The maximum Gasteiger partial charge on any atom is 0.176 e. The Morgan fingerprint density at radius 1 is 1.25 bits per heavy atom. The largest absolute Gasteiger partial charge is 0.215 e. The van der Waals surface area contributed by atoms with Crippen molar-refractivity contribution in [2.24, 2.45) is 0 Å². The first kappa shape index (κ1) is 13.7. The summed E-state index contributed by atoms with van der Waals surface area (Å²) in [5.74, 6) is 0.343. The second kappa shape index (κ2) is 5.23. The Morgan fingerprint density at radius 2 is 1.95 bits per heavy atom. The molecule has 3 rings (SSSR count). The fourth-order valence-corrected chi connectivity index (χ4v) is 3.70. The molecular formula is C14H14Cl2N4. The molecule has 0 aromatic carbocycles. The third kappa shape index (κ3) is 2.06. The summed E-state index contributed by atoms with van der Waals surface area (Å²) in [7, 11) is 0. The van der Waals surface area contributed by atoms with E-state index in [9.17, 15) is 5.26 Å². The first-order chi connectivity index (χ1) is 9.63. The highest BCUT2D eigenvalue weighted by molar-refractivity contribution is 6.35. The summed E-state index contributed by atoms with van der Waals surface area (Å²) in [6.07, 6.45) is 5.81. The van der Waals surface area contributed by atoms with Crippen LogP contribution in [0.3, 0.4) is 0 Å². The molecule has 6 heteroatoms. The first-order valence-corrected chi connectivity index (χ1v) is 7.53. The van der Waals surface area contributed by atoms with Crippen LogP contribution in [0.2, 0.25) is 10.3 Å². The quantitative estimate of drug-likeness (QED) is 0.739. The van der Waals surface area contributed by atoms with Crippen LogP contribution in [0.5, 0.6) is 0 Å². The predicted molar refractivity (Wildman–Crippen MR) is 78.3 cm³/mol. The van der Waals surface area contributed by atoms with Crippen LogP contribution in [0.4, 0.5) is 0 Å². The number of aromatic nitrogens is 3. The standard InChI is InChI=1S/C14H14Cl2N4/c1-8-10(7-17)14-18-12(15)11(13(16)20(14)19-8)9-5-3-2-4-6-9/h9H,2-6H2,1H3. The van der Waals surface area contributed by atoms with Gasteiger partial charge in [-0.2, -0.15) is 10.4 Å². The van der Waals surface area contributed by atoms with Gasteiger partial charge in [0, 0.05) is 5.56 Å². The van der Waals surface area contributed by atoms with Crippen molar-refractivity contribution in [1.29, 1.82) is 5.26 Å². The molecule has 0 amide bonds. The summed E-state index contributed by atoms with van der Waals surface area (Å²) in [6, 6.07) is 2.11. The lowest BCUT2D eigenvalue weighted by atomic mass is 9.85. The van der Waals surface area contributed by atoms with Gasteiger partial charge in [-0.25, -0.2) is 9.50 Å². The van der Waals surface area contributed by atoms with Crippen molar-refractivity contribution >= 4 is 28.8 Å². The lowest BCUT2D eigenvalue weighted by Gasteiger charge is -2.23. The molecule has 2 aromatic heterocycles. The van der Waals surface area contributed by atoms with Crippen molar-refractivity contribution in [3.8, 4) is 6.07 Å². The highest BCUT2D eigenvalue weighted by Crippen LogP contribution is 2.39. The molecule has 104 valence electrons. The van der Waals surface area contributed by atoms with E-state index in [1.54, 1.807) is 11.4 Å². The van der Waals surface area contributed by atoms with Crippen LogP contribution in [-0.2, 0) is 0 Å². The van der Waals surface area contributed by atoms with E-state index in [0.717, 1.165) is 18.4 Å². The van der Waals surface area contributed by atoms with Crippen LogP contribution in [0.15, 0.2) is 0 Å². The lowest BCUT2D eigenvalue weighted by Crippen LogP contribution is -2.09. The van der Waals surface area contributed by atoms with Crippen molar-refractivity contribution in [1.82, 2.24) is 14.6 Å². The van der Waals surface area contributed by atoms with Gasteiger partial charge in [0.15, 0.2) is 5.65 Å². The summed E-state index contributed by atoms with van der Waals surface area (Å²) in [6.45, 7) is 1.78. The van der Waals surface area contributed by atoms with E-state index >= 15 is 0 Å². The van der Waals surface area contributed by atoms with Gasteiger partial charge < -0.3 is 0 Å². The molecule has 0 bridgehead atoms. The second-order valence-electron chi connectivity index (χ2n) is 5.25. The van der Waals surface area contributed by atoms with Gasteiger partial charge in [0.1, 0.15) is 21.9 Å². The molecule has 1 aliphatic rings. The van der Waals surface area contributed by atoms with Gasteiger partial charge >= 0.3 is 0 Å². The van der Waals surface area contributed by atoms with Crippen molar-refractivity contribution < 1.29 is 0 Å². The maximum atomic E-state index is 9.18. The summed E-state index contributed by atoms with van der Waals surface area (Å²) in [5.41, 5.74) is 2.38. The molecule has 1 fully saturated rings. The maximum absolute atomic E-state index is 9.18. The summed E-state index contributed by atoms with van der Waals surface area (Å²) < 4.78 is 1.55. The monoisotopic (exact) mass is 308 g/mol. The lowest BCUT2D eigenvalue weighted by molar-refractivity contribution is 0.441. The molecule has 0 radical (unpaired) electrons. The fourth-order valence-electron chi connectivity index (χ4n) is 2.97. The minimum Gasteiger partial charge on any atom is -0.215 e. The average molecular weight is 309 g/mol. The topological polar surface area (TPSA) is 54.0 Å². The highest BCUT2D eigenvalue weighted by atomic mass is 35.5. The number of fused-ring (bicyclic) bond motifs is 1. The number of nitrogens with zero attached hydrogens (tertiary/aromatic N) is 4. The van der Waals surface area contributed by atoms with Crippen LogP contribution < -0.4 is 0 Å². The summed E-state index contributed by atoms with van der Waals surface area (Å²) >= 11 is 12.8. The molecule has 0 saturated heterocycles. The highest BCUT2D eigenvalue weighted by Gasteiger charge is 2.25. The van der Waals surface area contributed by atoms with Crippen molar-refractivity contribution in [2.75, 3.05) is 0 Å². The van der Waals surface area contributed by atoms with Gasteiger partial charge in [-0.15, -0.1) is 0 Å². The third-order valence-corrected chi connectivity index (χ3v) is 4.65. The van der Waals surface area contributed by atoms with Crippen LogP contribution in [0.1, 0.15) is 54.8 Å². The van der Waals surface area contributed by atoms with E-state index in [1.807, 2.05) is 0 Å². The number of aryl methyl sites for hydroxylation is 1. The molecule has 4 nitrogen and oxygen atoms in total. The molecule has 0 spiro atoms. The molecule has 2 heterocycles. The first-order valence-electron chi connectivity index (χ1n) is 6.77. The number of hydrogen-bond donors (Lipinski definition) is 0. The number of hydrogen-bond acceptors (Lipinski definition) is 3. The van der Waals surface area contributed by atoms with Crippen LogP contribution in [-0.4, -0.2) is 14.6 Å². The second-order valence-corrected chi connectivity index (χ2v) is 5.97. The van der Waals surface area contributed by atoms with E-state index in [4.69, 9.17) is 23.2 Å². The Balaban J connectivity index is 2.22. The fraction of sp³-hybridized carbons (Fsp3) is 0.500. The van der Waals surface area contributed by atoms with E-state index in [1.165, 1.54) is 19.3 Å². The van der Waals surface area contributed by atoms with Crippen molar-refractivity contribution in [3.63, 3.8) is 0 Å². The number of nitriles is 1. The molecular weight excluding hydrogens is 295 g/mol. The zero-order valence-corrected chi connectivity index (χ0v) is 12.7. The van der Waals surface area contributed by atoms with Crippen LogP contribution in [0, 0.1) is 18.3 Å². The smallest absolute Gasteiger partial charge is 0.176 e. The average Bonchev–Trinajstić information content (AvgIpc) is 2.76. The van der Waals surface area contributed by atoms with Gasteiger partial charge in [-0.1, -0.05) is 42.5 Å². The van der Waals surface area contributed by atoms with Gasteiger partial charge in [0.25, 0.3) is 0 Å². The van der Waals surface area contributed by atoms with Gasteiger partial charge in [0.05, 0.1) is 5.69 Å². The Bertz CT molecular complexity index is 708. The molecule has 1 saturated carbocycles. The molecule has 1 aliphatic carbocycles. The Hall–Kier alpha value is -1.31.